The van der Waals surface area contributed by atoms with Gasteiger partial charge in [0.05, 0.1) is 17.9 Å². The third-order valence-corrected chi connectivity index (χ3v) is 5.32. The van der Waals surface area contributed by atoms with Crippen LogP contribution in [0.3, 0.4) is 0 Å². The lowest BCUT2D eigenvalue weighted by atomic mass is 9.95. The highest BCUT2D eigenvalue weighted by atomic mass is 79.9. The number of nitrogens with zero attached hydrogens (tertiary/aromatic N) is 1. The second kappa shape index (κ2) is 7.54. The van der Waals surface area contributed by atoms with Crippen LogP contribution in [0.5, 0.6) is 0 Å². The Morgan fingerprint density at radius 1 is 1.04 bits per heavy atom. The van der Waals surface area contributed by atoms with E-state index in [4.69, 9.17) is 17.3 Å². The summed E-state index contributed by atoms with van der Waals surface area (Å²) in [5, 5.41) is 7.18. The van der Waals surface area contributed by atoms with Crippen molar-refractivity contribution in [3.05, 3.63) is 93.2 Å². The first-order chi connectivity index (χ1) is 13.5. The van der Waals surface area contributed by atoms with E-state index in [1.807, 2.05) is 48.5 Å². The molecule has 0 spiro atoms. The molecule has 0 aromatic heterocycles. The molecule has 4 N–H and O–H groups in total. The van der Waals surface area contributed by atoms with Gasteiger partial charge in [0.25, 0.3) is 0 Å². The number of hydrogen-bond donors (Lipinski definition) is 3. The van der Waals surface area contributed by atoms with Gasteiger partial charge < -0.3 is 10.6 Å². The normalized spacial score (nSPS) is 19.6. The Kier molecular flexibility index (Phi) is 5.10. The lowest BCUT2D eigenvalue weighted by molar-refractivity contribution is 0.564. The quantitative estimate of drug-likeness (QED) is 0.485. The number of hydrogen-bond acceptors (Lipinski definition) is 3. The van der Waals surface area contributed by atoms with E-state index in [1.54, 1.807) is 12.1 Å². The van der Waals surface area contributed by atoms with E-state index in [-0.39, 0.29) is 0 Å². The fourth-order valence-corrected chi connectivity index (χ4v) is 3.59. The monoisotopic (exact) mass is 458 g/mol. The van der Waals surface area contributed by atoms with Gasteiger partial charge >= 0.3 is 0 Å². The molecule has 0 radical (unpaired) electrons. The molecule has 3 aromatic rings. The van der Waals surface area contributed by atoms with E-state index in [9.17, 15) is 4.39 Å². The maximum absolute atomic E-state index is 14.8. The second-order valence-electron chi connectivity index (χ2n) is 6.52. The molecule has 0 saturated heterocycles. The smallest absolute Gasteiger partial charge is 0.174 e. The number of anilines is 2. The van der Waals surface area contributed by atoms with Crippen molar-refractivity contribution < 1.29 is 4.39 Å². The molecule has 0 fully saturated rings. The van der Waals surface area contributed by atoms with Crippen molar-refractivity contribution in [3.8, 4) is 0 Å². The Balaban J connectivity index is 1.78. The number of halogens is 3. The zero-order valence-corrected chi connectivity index (χ0v) is 17.1. The van der Waals surface area contributed by atoms with E-state index in [0.29, 0.717) is 27.4 Å². The summed E-state index contributed by atoms with van der Waals surface area (Å²) in [6, 6.07) is 19.8. The van der Waals surface area contributed by atoms with Gasteiger partial charge in [-0.3, -0.25) is 10.7 Å². The second-order valence-corrected chi connectivity index (χ2v) is 7.87. The third kappa shape index (κ3) is 3.63. The summed E-state index contributed by atoms with van der Waals surface area (Å²) in [6.07, 6.45) is 0. The van der Waals surface area contributed by atoms with Crippen molar-refractivity contribution in [2.75, 3.05) is 10.6 Å². The molecule has 142 valence electrons. The van der Waals surface area contributed by atoms with Crippen molar-refractivity contribution in [2.45, 2.75) is 12.2 Å². The Morgan fingerprint density at radius 2 is 1.75 bits per heavy atom. The topological polar surface area (TPSA) is 62.4 Å². The standard InChI is InChI=1S/C21H17BrClFN4/c22-14-7-10-16(17(24)11-14)21(25)20(26-12-13-5-8-15(23)9-6-13)27-18-3-1-2-4-19(18)28-21/h1-11,28H,12,25H2,(H,26,27). The molecule has 1 aliphatic heterocycles. The van der Waals surface area contributed by atoms with Crippen LogP contribution < -0.4 is 16.4 Å². The number of nitrogens with one attached hydrogen (secondary N) is 2. The fourth-order valence-electron chi connectivity index (χ4n) is 3.13. The highest BCUT2D eigenvalue weighted by Gasteiger charge is 2.40. The summed E-state index contributed by atoms with van der Waals surface area (Å²) in [7, 11) is 0. The summed E-state index contributed by atoms with van der Waals surface area (Å²) in [5.74, 6) is 0.00659. The first-order valence-electron chi connectivity index (χ1n) is 8.64. The van der Waals surface area contributed by atoms with E-state index in [0.717, 1.165) is 16.9 Å². The number of aliphatic imine (C=N–C) groups is 1. The lowest BCUT2D eigenvalue weighted by Crippen LogP contribution is -2.57. The Bertz CT molecular complexity index is 1050. The number of amidine groups is 1. The molecule has 0 aliphatic carbocycles. The average Bonchev–Trinajstić information content (AvgIpc) is 2.67. The van der Waals surface area contributed by atoms with Crippen LogP contribution in [0.1, 0.15) is 11.1 Å². The van der Waals surface area contributed by atoms with Crippen LogP contribution in [0.4, 0.5) is 15.8 Å². The molecule has 28 heavy (non-hydrogen) atoms. The predicted octanol–water partition coefficient (Wildman–Crippen LogP) is 5.49. The van der Waals surface area contributed by atoms with Gasteiger partial charge in [-0.15, -0.1) is 0 Å². The lowest BCUT2D eigenvalue weighted by Gasteiger charge is -2.39. The van der Waals surface area contributed by atoms with E-state index in [1.165, 1.54) is 6.07 Å². The molecule has 0 saturated carbocycles. The summed E-state index contributed by atoms with van der Waals surface area (Å²) in [5.41, 5.74) is 8.23. The SMILES string of the molecule is NC1(c2ccc(Br)cc2F)Nc2ccccc2NC1=NCc1ccc(Cl)cc1. The molecule has 1 heterocycles. The van der Waals surface area contributed by atoms with Crippen LogP contribution in [0, 0.1) is 5.82 Å². The first kappa shape index (κ1) is 18.9. The summed E-state index contributed by atoms with van der Waals surface area (Å²) >= 11 is 9.24. The summed E-state index contributed by atoms with van der Waals surface area (Å²) in [6.45, 7) is 0.375. The Hall–Kier alpha value is -2.41. The minimum atomic E-state index is -1.34. The van der Waals surface area contributed by atoms with Gasteiger partial charge in [0, 0.05) is 15.1 Å². The first-order valence-corrected chi connectivity index (χ1v) is 9.81. The molecular formula is C21H17BrClFN4. The summed E-state index contributed by atoms with van der Waals surface area (Å²) < 4.78 is 15.4. The zero-order chi connectivity index (χ0) is 19.7. The zero-order valence-electron chi connectivity index (χ0n) is 14.7. The van der Waals surface area contributed by atoms with Crippen LogP contribution in [0.2, 0.25) is 5.02 Å². The number of nitrogens with two attached hydrogens (primary N) is 1. The molecule has 7 heteroatoms. The van der Waals surface area contributed by atoms with Crippen molar-refractivity contribution in [1.29, 1.82) is 0 Å². The average molecular weight is 460 g/mol. The Labute approximate surface area is 175 Å². The molecule has 0 bridgehead atoms. The van der Waals surface area contributed by atoms with E-state index < -0.39 is 11.5 Å². The number of para-hydroxylation sites is 2. The van der Waals surface area contributed by atoms with Crippen LogP contribution in [-0.4, -0.2) is 5.84 Å². The fraction of sp³-hybridized carbons (Fsp3) is 0.0952. The predicted molar refractivity (Wildman–Crippen MR) is 116 cm³/mol. The molecule has 4 rings (SSSR count). The van der Waals surface area contributed by atoms with Gasteiger partial charge in [-0.05, 0) is 42.0 Å². The highest BCUT2D eigenvalue weighted by Crippen LogP contribution is 2.35. The Morgan fingerprint density at radius 3 is 2.46 bits per heavy atom. The van der Waals surface area contributed by atoms with E-state index >= 15 is 0 Å². The van der Waals surface area contributed by atoms with Crippen LogP contribution in [0.15, 0.2) is 76.2 Å². The largest absolute Gasteiger partial charge is 0.356 e. The van der Waals surface area contributed by atoms with Crippen LogP contribution in [-0.2, 0) is 12.2 Å². The van der Waals surface area contributed by atoms with Crippen LogP contribution in [0.25, 0.3) is 0 Å². The molecule has 1 atom stereocenters. The minimum absolute atomic E-state index is 0.299. The van der Waals surface area contributed by atoms with Gasteiger partial charge in [-0.1, -0.05) is 57.9 Å². The van der Waals surface area contributed by atoms with Gasteiger partial charge in [0.15, 0.2) is 5.66 Å². The van der Waals surface area contributed by atoms with Gasteiger partial charge in [0.2, 0.25) is 0 Å². The molecule has 1 aliphatic rings. The van der Waals surface area contributed by atoms with Gasteiger partial charge in [0.1, 0.15) is 11.7 Å². The van der Waals surface area contributed by atoms with Crippen molar-refractivity contribution in [2.24, 2.45) is 10.7 Å². The summed E-state index contributed by atoms with van der Waals surface area (Å²) in [4.78, 5) is 4.67. The maximum atomic E-state index is 14.8. The molecule has 1 unspecified atom stereocenters. The third-order valence-electron chi connectivity index (χ3n) is 4.57. The van der Waals surface area contributed by atoms with Crippen molar-refractivity contribution in [1.82, 2.24) is 0 Å². The van der Waals surface area contributed by atoms with Crippen molar-refractivity contribution in [3.63, 3.8) is 0 Å². The maximum Gasteiger partial charge on any atom is 0.174 e. The number of rotatable bonds is 3. The van der Waals surface area contributed by atoms with Gasteiger partial charge in [-0.2, -0.15) is 0 Å². The number of fused-ring (bicyclic) bond motifs is 1. The van der Waals surface area contributed by atoms with Gasteiger partial charge in [-0.25, -0.2) is 4.39 Å². The number of benzene rings is 3. The molecule has 0 amide bonds. The molecular weight excluding hydrogens is 443 g/mol. The van der Waals surface area contributed by atoms with E-state index in [2.05, 4.69) is 31.6 Å². The minimum Gasteiger partial charge on any atom is -0.356 e. The van der Waals surface area contributed by atoms with Crippen LogP contribution >= 0.6 is 27.5 Å². The highest BCUT2D eigenvalue weighted by molar-refractivity contribution is 9.10. The molecule has 3 aromatic carbocycles. The molecule has 4 nitrogen and oxygen atoms in total. The van der Waals surface area contributed by atoms with Crippen molar-refractivity contribution >= 4 is 44.7 Å².